The van der Waals surface area contributed by atoms with Crippen molar-refractivity contribution in [3.8, 4) is 5.75 Å². The molecule has 1 aromatic rings. The molecule has 0 saturated heterocycles. The molecule has 14 heavy (non-hydrogen) atoms. The standard InChI is InChI=1S/C9H10Br3NO/c10-6-4-5(2-1-3-13)9(14)8(12)7(6)11/h4,14H,1-3,13H2. The fraction of sp³-hybridized carbons (Fsp3) is 0.333. The summed E-state index contributed by atoms with van der Waals surface area (Å²) in [5.74, 6) is 0.286. The van der Waals surface area contributed by atoms with Crippen LogP contribution in [0.2, 0.25) is 0 Å². The lowest BCUT2D eigenvalue weighted by molar-refractivity contribution is 0.463. The van der Waals surface area contributed by atoms with Crippen molar-refractivity contribution in [1.29, 1.82) is 0 Å². The van der Waals surface area contributed by atoms with Crippen LogP contribution in [-0.4, -0.2) is 11.7 Å². The maximum absolute atomic E-state index is 9.79. The molecule has 0 fully saturated rings. The molecule has 0 atom stereocenters. The summed E-state index contributed by atoms with van der Waals surface area (Å²) in [5, 5.41) is 9.79. The van der Waals surface area contributed by atoms with Gasteiger partial charge in [0.05, 0.1) is 4.47 Å². The molecule has 0 unspecified atom stereocenters. The van der Waals surface area contributed by atoms with Crippen molar-refractivity contribution in [3.05, 3.63) is 25.0 Å². The Morgan fingerprint density at radius 3 is 2.43 bits per heavy atom. The number of halogens is 3. The number of nitrogens with two attached hydrogens (primary N) is 1. The number of hydrogen-bond donors (Lipinski definition) is 2. The van der Waals surface area contributed by atoms with Crippen molar-refractivity contribution < 1.29 is 5.11 Å². The SMILES string of the molecule is NCCCc1cc(Br)c(Br)c(Br)c1O. The van der Waals surface area contributed by atoms with Gasteiger partial charge in [-0.1, -0.05) is 0 Å². The van der Waals surface area contributed by atoms with Gasteiger partial charge in [-0.15, -0.1) is 0 Å². The minimum atomic E-state index is 0.286. The Kier molecular flexibility index (Phi) is 4.90. The predicted molar refractivity (Wildman–Crippen MR) is 68.6 cm³/mol. The van der Waals surface area contributed by atoms with Crippen LogP contribution in [0.25, 0.3) is 0 Å². The smallest absolute Gasteiger partial charge is 0.134 e. The Morgan fingerprint density at radius 2 is 1.86 bits per heavy atom. The average Bonchev–Trinajstić information content (AvgIpc) is 2.18. The van der Waals surface area contributed by atoms with Crippen molar-refractivity contribution >= 4 is 47.8 Å². The summed E-state index contributed by atoms with van der Waals surface area (Å²) in [6.45, 7) is 0.630. The lowest BCUT2D eigenvalue weighted by atomic mass is 10.1. The van der Waals surface area contributed by atoms with E-state index in [1.807, 2.05) is 6.07 Å². The van der Waals surface area contributed by atoms with E-state index in [1.165, 1.54) is 0 Å². The number of phenols is 1. The normalized spacial score (nSPS) is 10.6. The van der Waals surface area contributed by atoms with E-state index < -0.39 is 0 Å². The van der Waals surface area contributed by atoms with Crippen molar-refractivity contribution in [1.82, 2.24) is 0 Å². The highest BCUT2D eigenvalue weighted by molar-refractivity contribution is 9.14. The first-order valence-electron chi connectivity index (χ1n) is 4.13. The van der Waals surface area contributed by atoms with E-state index in [9.17, 15) is 5.11 Å². The van der Waals surface area contributed by atoms with Crippen LogP contribution in [0.1, 0.15) is 12.0 Å². The average molecular weight is 388 g/mol. The number of hydrogen-bond acceptors (Lipinski definition) is 2. The molecule has 0 radical (unpaired) electrons. The van der Waals surface area contributed by atoms with Gasteiger partial charge in [-0.2, -0.15) is 0 Å². The van der Waals surface area contributed by atoms with Crippen LogP contribution in [0.3, 0.4) is 0 Å². The van der Waals surface area contributed by atoms with Gasteiger partial charge in [0.1, 0.15) is 5.75 Å². The minimum Gasteiger partial charge on any atom is -0.506 e. The van der Waals surface area contributed by atoms with E-state index in [2.05, 4.69) is 47.8 Å². The fourth-order valence-electron chi connectivity index (χ4n) is 1.12. The Labute approximate surface area is 108 Å². The molecule has 5 heteroatoms. The van der Waals surface area contributed by atoms with Gasteiger partial charge >= 0.3 is 0 Å². The quantitative estimate of drug-likeness (QED) is 0.779. The van der Waals surface area contributed by atoms with E-state index in [4.69, 9.17) is 5.73 Å². The Bertz CT molecular complexity index is 341. The number of benzene rings is 1. The predicted octanol–water partition coefficient (Wildman–Crippen LogP) is 3.57. The third kappa shape index (κ3) is 2.72. The summed E-state index contributed by atoms with van der Waals surface area (Å²) in [4.78, 5) is 0. The van der Waals surface area contributed by atoms with E-state index in [0.29, 0.717) is 11.0 Å². The highest BCUT2D eigenvalue weighted by atomic mass is 79.9. The first kappa shape index (κ1) is 12.5. The van der Waals surface area contributed by atoms with Crippen molar-refractivity contribution in [2.45, 2.75) is 12.8 Å². The minimum absolute atomic E-state index is 0.286. The highest BCUT2D eigenvalue weighted by Crippen LogP contribution is 2.40. The molecule has 0 amide bonds. The summed E-state index contributed by atoms with van der Waals surface area (Å²) in [5.41, 5.74) is 6.32. The lowest BCUT2D eigenvalue weighted by Crippen LogP contribution is -2.00. The van der Waals surface area contributed by atoms with Gasteiger partial charge in [0.15, 0.2) is 0 Å². The molecule has 78 valence electrons. The molecule has 0 heterocycles. The topological polar surface area (TPSA) is 46.2 Å². The zero-order chi connectivity index (χ0) is 10.7. The largest absolute Gasteiger partial charge is 0.506 e. The second-order valence-electron chi connectivity index (χ2n) is 2.89. The van der Waals surface area contributed by atoms with Gasteiger partial charge in [0.2, 0.25) is 0 Å². The molecule has 0 spiro atoms. The van der Waals surface area contributed by atoms with E-state index in [1.54, 1.807) is 0 Å². The zero-order valence-corrected chi connectivity index (χ0v) is 12.1. The maximum Gasteiger partial charge on any atom is 0.134 e. The summed E-state index contributed by atoms with van der Waals surface area (Å²) in [7, 11) is 0. The van der Waals surface area contributed by atoms with E-state index >= 15 is 0 Å². The van der Waals surface area contributed by atoms with Gasteiger partial charge in [-0.3, -0.25) is 0 Å². The van der Waals surface area contributed by atoms with Crippen molar-refractivity contribution in [2.75, 3.05) is 6.54 Å². The number of rotatable bonds is 3. The molecule has 0 aliphatic carbocycles. The summed E-state index contributed by atoms with van der Waals surface area (Å²) < 4.78 is 2.43. The fourth-order valence-corrected chi connectivity index (χ4v) is 2.63. The third-order valence-corrected chi connectivity index (χ3v) is 5.15. The molecular formula is C9H10Br3NO. The van der Waals surface area contributed by atoms with Gasteiger partial charge in [-0.05, 0) is 78.8 Å². The molecule has 1 aromatic carbocycles. The summed E-state index contributed by atoms with van der Waals surface area (Å²) in [6, 6.07) is 1.90. The molecule has 1 rings (SSSR count). The lowest BCUT2D eigenvalue weighted by Gasteiger charge is -2.09. The van der Waals surface area contributed by atoms with E-state index in [-0.39, 0.29) is 5.75 Å². The highest BCUT2D eigenvalue weighted by Gasteiger charge is 2.12. The van der Waals surface area contributed by atoms with E-state index in [0.717, 1.165) is 27.4 Å². The molecule has 3 N–H and O–H groups in total. The monoisotopic (exact) mass is 385 g/mol. The molecule has 2 nitrogen and oxygen atoms in total. The summed E-state index contributed by atoms with van der Waals surface area (Å²) >= 11 is 10.1. The first-order valence-corrected chi connectivity index (χ1v) is 6.51. The Balaban J connectivity index is 3.06. The van der Waals surface area contributed by atoms with Crippen LogP contribution in [0.5, 0.6) is 5.75 Å². The van der Waals surface area contributed by atoms with Gasteiger partial charge in [-0.25, -0.2) is 0 Å². The van der Waals surface area contributed by atoms with Gasteiger partial charge in [0, 0.05) is 8.95 Å². The van der Waals surface area contributed by atoms with Crippen molar-refractivity contribution in [2.24, 2.45) is 5.73 Å². The van der Waals surface area contributed by atoms with Crippen LogP contribution in [0.15, 0.2) is 19.5 Å². The second-order valence-corrected chi connectivity index (χ2v) is 5.33. The number of aryl methyl sites for hydroxylation is 1. The number of phenolic OH excluding ortho intramolecular Hbond substituents is 1. The van der Waals surface area contributed by atoms with Gasteiger partial charge in [0.25, 0.3) is 0 Å². The third-order valence-electron chi connectivity index (χ3n) is 1.87. The summed E-state index contributed by atoms with van der Waals surface area (Å²) in [6.07, 6.45) is 1.65. The molecule has 0 aliphatic rings. The van der Waals surface area contributed by atoms with Crippen LogP contribution in [-0.2, 0) is 6.42 Å². The van der Waals surface area contributed by atoms with Crippen molar-refractivity contribution in [3.63, 3.8) is 0 Å². The first-order chi connectivity index (χ1) is 6.57. The molecular weight excluding hydrogens is 378 g/mol. The Morgan fingerprint density at radius 1 is 1.21 bits per heavy atom. The second kappa shape index (κ2) is 5.49. The number of aromatic hydroxyl groups is 1. The Hall–Kier alpha value is 0.420. The molecule has 0 aliphatic heterocycles. The zero-order valence-electron chi connectivity index (χ0n) is 7.36. The van der Waals surface area contributed by atoms with Crippen LogP contribution in [0, 0.1) is 0 Å². The van der Waals surface area contributed by atoms with Crippen LogP contribution < -0.4 is 5.73 Å². The maximum atomic E-state index is 9.79. The van der Waals surface area contributed by atoms with Crippen LogP contribution >= 0.6 is 47.8 Å². The van der Waals surface area contributed by atoms with Gasteiger partial charge < -0.3 is 10.8 Å². The molecule has 0 saturated carbocycles. The molecule has 0 bridgehead atoms. The molecule has 0 aromatic heterocycles. The van der Waals surface area contributed by atoms with Crippen LogP contribution in [0.4, 0.5) is 0 Å².